The van der Waals surface area contributed by atoms with Crippen LogP contribution in [0.25, 0.3) is 10.9 Å². The van der Waals surface area contributed by atoms with Gasteiger partial charge in [0.25, 0.3) is 5.91 Å². The van der Waals surface area contributed by atoms with E-state index in [0.717, 1.165) is 27.8 Å². The van der Waals surface area contributed by atoms with E-state index < -0.39 is 12.0 Å². The van der Waals surface area contributed by atoms with Crippen LogP contribution < -0.4 is 10.1 Å². The summed E-state index contributed by atoms with van der Waals surface area (Å²) in [5.74, 6) is 0.538. The average Bonchev–Trinajstić information content (AvgIpc) is 3.36. The fourth-order valence-electron chi connectivity index (χ4n) is 5.14. The van der Waals surface area contributed by atoms with Crippen LogP contribution in [-0.4, -0.2) is 28.7 Å². The van der Waals surface area contributed by atoms with E-state index in [1.807, 2.05) is 103 Å². The summed E-state index contributed by atoms with van der Waals surface area (Å²) in [5.41, 5.74) is 3.80. The second-order valence-electron chi connectivity index (χ2n) is 9.14. The maximum atomic E-state index is 13.9. The van der Waals surface area contributed by atoms with E-state index in [0.29, 0.717) is 17.0 Å². The summed E-state index contributed by atoms with van der Waals surface area (Å²) in [6.45, 7) is 0. The van der Waals surface area contributed by atoms with Crippen molar-refractivity contribution in [2.45, 2.75) is 12.0 Å². The van der Waals surface area contributed by atoms with Gasteiger partial charge in [0.2, 0.25) is 5.91 Å². The first-order valence-electron chi connectivity index (χ1n) is 12.2. The molecule has 0 fully saturated rings. The fourth-order valence-corrected chi connectivity index (χ4v) is 5.14. The van der Waals surface area contributed by atoms with Gasteiger partial charge >= 0.3 is 0 Å². The normalized spacial score (nSPS) is 16.9. The lowest BCUT2D eigenvalue weighted by Gasteiger charge is -2.39. The van der Waals surface area contributed by atoms with Gasteiger partial charge in [-0.05, 0) is 54.1 Å². The Hall–Kier alpha value is -4.84. The number of aromatic nitrogens is 1. The highest BCUT2D eigenvalue weighted by Gasteiger charge is 2.43. The minimum absolute atomic E-state index is 0.0997. The number of nitrogens with zero attached hydrogens (tertiary/aromatic N) is 1. The second-order valence-corrected chi connectivity index (χ2v) is 9.14. The third kappa shape index (κ3) is 4.12. The highest BCUT2D eigenvalue weighted by molar-refractivity contribution is 6.05. The molecule has 1 aliphatic heterocycles. The summed E-state index contributed by atoms with van der Waals surface area (Å²) in [4.78, 5) is 32.2. The first kappa shape index (κ1) is 22.6. The van der Waals surface area contributed by atoms with Crippen LogP contribution in [0.2, 0.25) is 0 Å². The molecule has 0 saturated heterocycles. The Kier molecular flexibility index (Phi) is 5.69. The predicted molar refractivity (Wildman–Crippen MR) is 144 cm³/mol. The van der Waals surface area contributed by atoms with Gasteiger partial charge in [-0.25, -0.2) is 0 Å². The Balaban J connectivity index is 1.34. The van der Waals surface area contributed by atoms with Gasteiger partial charge in [0.1, 0.15) is 11.5 Å². The number of H-pyrrole nitrogens is 1. The molecular weight excluding hydrogens is 462 g/mol. The minimum Gasteiger partial charge on any atom is -0.457 e. The molecule has 6 rings (SSSR count). The van der Waals surface area contributed by atoms with Crippen LogP contribution in [0.1, 0.15) is 33.4 Å². The van der Waals surface area contributed by atoms with Crippen molar-refractivity contribution in [2.24, 2.45) is 0 Å². The van der Waals surface area contributed by atoms with Gasteiger partial charge in [-0.1, -0.05) is 54.6 Å². The van der Waals surface area contributed by atoms with Crippen molar-refractivity contribution in [3.8, 4) is 11.5 Å². The van der Waals surface area contributed by atoms with Gasteiger partial charge in [-0.3, -0.25) is 9.59 Å². The number of hydrogen-bond acceptors (Lipinski definition) is 3. The zero-order chi connectivity index (χ0) is 25.4. The van der Waals surface area contributed by atoms with Crippen molar-refractivity contribution in [2.75, 3.05) is 12.4 Å². The van der Waals surface area contributed by atoms with Crippen molar-refractivity contribution in [3.05, 3.63) is 126 Å². The number of likely N-dealkylation sites (N-methyl/N-ethyl adjacent to an activating group) is 1. The molecule has 0 spiro atoms. The van der Waals surface area contributed by atoms with E-state index in [1.165, 1.54) is 0 Å². The molecule has 2 unspecified atom stereocenters. The van der Waals surface area contributed by atoms with E-state index in [9.17, 15) is 9.59 Å². The van der Waals surface area contributed by atoms with Crippen LogP contribution in [0.5, 0.6) is 11.5 Å². The summed E-state index contributed by atoms with van der Waals surface area (Å²) in [5, 5.41) is 4.07. The molecule has 37 heavy (non-hydrogen) atoms. The van der Waals surface area contributed by atoms with E-state index in [1.54, 1.807) is 18.0 Å². The molecule has 4 aromatic carbocycles. The number of hydrogen-bond donors (Lipinski definition) is 2. The van der Waals surface area contributed by atoms with Crippen LogP contribution in [-0.2, 0) is 4.79 Å². The Labute approximate surface area is 214 Å². The number of anilines is 1. The molecule has 2 atom stereocenters. The van der Waals surface area contributed by atoms with Gasteiger partial charge < -0.3 is 19.9 Å². The Bertz CT molecular complexity index is 1590. The lowest BCUT2D eigenvalue weighted by molar-refractivity contribution is -0.119. The zero-order valence-corrected chi connectivity index (χ0v) is 20.2. The quantitative estimate of drug-likeness (QED) is 0.297. The Morgan fingerprint density at radius 2 is 1.49 bits per heavy atom. The topological polar surface area (TPSA) is 74.4 Å². The lowest BCUT2D eigenvalue weighted by Crippen LogP contribution is -2.44. The molecule has 0 saturated carbocycles. The van der Waals surface area contributed by atoms with Crippen molar-refractivity contribution >= 4 is 28.4 Å². The van der Waals surface area contributed by atoms with Crippen LogP contribution in [0, 0.1) is 0 Å². The van der Waals surface area contributed by atoms with Gasteiger partial charge in [-0.15, -0.1) is 0 Å². The number of benzene rings is 4. The van der Waals surface area contributed by atoms with Gasteiger partial charge in [0, 0.05) is 41.0 Å². The third-order valence-electron chi connectivity index (χ3n) is 6.90. The first-order chi connectivity index (χ1) is 18.1. The number of nitrogens with one attached hydrogen (secondary N) is 2. The largest absolute Gasteiger partial charge is 0.457 e. The first-order valence-corrected chi connectivity index (χ1v) is 12.2. The lowest BCUT2D eigenvalue weighted by atomic mass is 9.79. The molecule has 2 N–H and O–H groups in total. The molecule has 1 aromatic heterocycles. The van der Waals surface area contributed by atoms with Gasteiger partial charge in [0.05, 0.1) is 12.0 Å². The number of rotatable bonds is 5. The van der Waals surface area contributed by atoms with E-state index in [-0.39, 0.29) is 11.8 Å². The SMILES string of the molecule is CN1C(=O)c2ccccc2C(C(=O)Nc2ccc(Oc3ccccc3)cc2)C1c1c[nH]c2ccccc12. The summed E-state index contributed by atoms with van der Waals surface area (Å²) in [7, 11) is 1.76. The van der Waals surface area contributed by atoms with Crippen LogP contribution >= 0.6 is 0 Å². The molecule has 182 valence electrons. The fraction of sp³-hybridized carbons (Fsp3) is 0.0968. The molecule has 0 bridgehead atoms. The number of aromatic amines is 1. The van der Waals surface area contributed by atoms with E-state index in [2.05, 4.69) is 10.3 Å². The summed E-state index contributed by atoms with van der Waals surface area (Å²) in [6.07, 6.45) is 1.91. The molecule has 6 nitrogen and oxygen atoms in total. The number of amides is 2. The number of carbonyl (C=O) groups excluding carboxylic acids is 2. The molecule has 0 aliphatic carbocycles. The summed E-state index contributed by atoms with van der Waals surface area (Å²) in [6, 6.07) is 31.7. The molecule has 2 amide bonds. The standard InChI is InChI=1S/C31H25N3O3/c1-34-29(26-19-32-27-14-8-7-11-23(26)27)28(24-12-5-6-13-25(24)31(34)36)30(35)33-20-15-17-22(18-16-20)37-21-9-3-2-4-10-21/h2-19,28-29,32H,1H3,(H,33,35). The van der Waals surface area contributed by atoms with Gasteiger partial charge in [0.15, 0.2) is 0 Å². The number of fused-ring (bicyclic) bond motifs is 2. The average molecular weight is 488 g/mol. The molecule has 1 aliphatic rings. The number of para-hydroxylation sites is 2. The maximum Gasteiger partial charge on any atom is 0.254 e. The van der Waals surface area contributed by atoms with E-state index in [4.69, 9.17) is 4.74 Å². The van der Waals surface area contributed by atoms with Crippen LogP contribution in [0.4, 0.5) is 5.69 Å². The highest BCUT2D eigenvalue weighted by Crippen LogP contribution is 2.44. The highest BCUT2D eigenvalue weighted by atomic mass is 16.5. The maximum absolute atomic E-state index is 13.9. The minimum atomic E-state index is -0.599. The number of ether oxygens (including phenoxy) is 1. The van der Waals surface area contributed by atoms with Gasteiger partial charge in [-0.2, -0.15) is 0 Å². The molecule has 2 heterocycles. The van der Waals surface area contributed by atoms with E-state index >= 15 is 0 Å². The Morgan fingerprint density at radius 3 is 2.30 bits per heavy atom. The van der Waals surface area contributed by atoms with Crippen LogP contribution in [0.3, 0.4) is 0 Å². The van der Waals surface area contributed by atoms with Crippen molar-refractivity contribution in [1.29, 1.82) is 0 Å². The summed E-state index contributed by atoms with van der Waals surface area (Å²) >= 11 is 0. The van der Waals surface area contributed by atoms with Crippen molar-refractivity contribution in [3.63, 3.8) is 0 Å². The smallest absolute Gasteiger partial charge is 0.254 e. The third-order valence-corrected chi connectivity index (χ3v) is 6.90. The van der Waals surface area contributed by atoms with Crippen molar-refractivity contribution < 1.29 is 14.3 Å². The number of carbonyl (C=O) groups is 2. The monoisotopic (exact) mass is 487 g/mol. The Morgan fingerprint density at radius 1 is 0.811 bits per heavy atom. The molecule has 5 aromatic rings. The molecular formula is C31H25N3O3. The molecule has 6 heteroatoms. The molecule has 0 radical (unpaired) electrons. The van der Waals surface area contributed by atoms with Crippen molar-refractivity contribution in [1.82, 2.24) is 9.88 Å². The second kappa shape index (κ2) is 9.32. The van der Waals surface area contributed by atoms with Crippen LogP contribution in [0.15, 0.2) is 109 Å². The predicted octanol–water partition coefficient (Wildman–Crippen LogP) is 6.51. The summed E-state index contributed by atoms with van der Waals surface area (Å²) < 4.78 is 5.87. The zero-order valence-electron chi connectivity index (χ0n) is 20.2.